The highest BCUT2D eigenvalue weighted by Crippen LogP contribution is 2.29. The van der Waals surface area contributed by atoms with E-state index in [1.54, 1.807) is 6.07 Å². The standard InChI is InChI=1S/C15H22N2O2/c18-11-5-4-10(8-11)9-16-13-2-1-3-14-12(13)6-7-15(19)17-14/h6-7,10-11,13,16,18H,1-5,8-9H2,(H,17,19). The summed E-state index contributed by atoms with van der Waals surface area (Å²) < 4.78 is 0. The van der Waals surface area contributed by atoms with Crippen LogP contribution in [0.15, 0.2) is 16.9 Å². The average molecular weight is 262 g/mol. The molecule has 4 heteroatoms. The highest BCUT2D eigenvalue weighted by atomic mass is 16.3. The Bertz CT molecular complexity index is 497. The van der Waals surface area contributed by atoms with Crippen LogP contribution in [-0.4, -0.2) is 22.7 Å². The molecule has 0 bridgehead atoms. The first-order valence-electron chi connectivity index (χ1n) is 7.36. The fourth-order valence-electron chi connectivity index (χ4n) is 3.46. The maximum absolute atomic E-state index is 11.3. The third kappa shape index (κ3) is 2.90. The first-order chi connectivity index (χ1) is 9.22. The Labute approximate surface area is 113 Å². The quantitative estimate of drug-likeness (QED) is 0.773. The number of nitrogens with one attached hydrogen (secondary N) is 2. The van der Waals surface area contributed by atoms with Gasteiger partial charge < -0.3 is 15.4 Å². The summed E-state index contributed by atoms with van der Waals surface area (Å²) in [6.45, 7) is 0.973. The molecular weight excluding hydrogens is 240 g/mol. The SMILES string of the molecule is O=c1ccc2c([nH]1)CCCC2NCC1CCC(O)C1. The molecule has 0 radical (unpaired) electrons. The van der Waals surface area contributed by atoms with Crippen LogP contribution in [0.2, 0.25) is 0 Å². The molecule has 1 aromatic rings. The van der Waals surface area contributed by atoms with E-state index in [0.717, 1.165) is 50.8 Å². The smallest absolute Gasteiger partial charge is 0.248 e. The molecule has 1 aromatic heterocycles. The Morgan fingerprint density at radius 3 is 3.00 bits per heavy atom. The lowest BCUT2D eigenvalue weighted by atomic mass is 9.91. The number of H-pyrrole nitrogens is 1. The van der Waals surface area contributed by atoms with Gasteiger partial charge in [-0.05, 0) is 56.6 Å². The summed E-state index contributed by atoms with van der Waals surface area (Å²) in [4.78, 5) is 14.3. The molecule has 3 N–H and O–H groups in total. The number of pyridine rings is 1. The van der Waals surface area contributed by atoms with E-state index in [-0.39, 0.29) is 11.7 Å². The number of rotatable bonds is 3. The lowest BCUT2D eigenvalue weighted by molar-refractivity contribution is 0.177. The monoisotopic (exact) mass is 262 g/mol. The molecule has 3 unspecified atom stereocenters. The molecule has 2 aliphatic rings. The number of hydrogen-bond donors (Lipinski definition) is 3. The van der Waals surface area contributed by atoms with Gasteiger partial charge in [-0.1, -0.05) is 6.07 Å². The largest absolute Gasteiger partial charge is 0.393 e. The topological polar surface area (TPSA) is 65.1 Å². The van der Waals surface area contributed by atoms with Crippen LogP contribution in [0, 0.1) is 5.92 Å². The van der Waals surface area contributed by atoms with E-state index < -0.39 is 0 Å². The minimum absolute atomic E-state index is 0.00156. The number of hydrogen-bond acceptors (Lipinski definition) is 3. The van der Waals surface area contributed by atoms with E-state index in [0.29, 0.717) is 12.0 Å². The number of aryl methyl sites for hydroxylation is 1. The van der Waals surface area contributed by atoms with Crippen LogP contribution in [0.1, 0.15) is 49.4 Å². The molecule has 0 aromatic carbocycles. The lowest BCUT2D eigenvalue weighted by Gasteiger charge is -2.27. The number of fused-ring (bicyclic) bond motifs is 1. The van der Waals surface area contributed by atoms with Crippen LogP contribution in [0.4, 0.5) is 0 Å². The number of aliphatic hydroxyl groups excluding tert-OH is 1. The maximum Gasteiger partial charge on any atom is 0.248 e. The molecule has 0 aliphatic heterocycles. The molecule has 3 atom stereocenters. The molecule has 3 rings (SSSR count). The van der Waals surface area contributed by atoms with E-state index in [4.69, 9.17) is 0 Å². The van der Waals surface area contributed by atoms with Crippen LogP contribution < -0.4 is 10.9 Å². The zero-order valence-corrected chi connectivity index (χ0v) is 11.2. The van der Waals surface area contributed by atoms with Crippen molar-refractivity contribution in [3.05, 3.63) is 33.7 Å². The lowest BCUT2D eigenvalue weighted by Crippen LogP contribution is -2.30. The first kappa shape index (κ1) is 12.9. The van der Waals surface area contributed by atoms with Crippen molar-refractivity contribution in [1.82, 2.24) is 10.3 Å². The van der Waals surface area contributed by atoms with Crippen LogP contribution in [0.5, 0.6) is 0 Å². The van der Waals surface area contributed by atoms with Crippen molar-refractivity contribution in [3.63, 3.8) is 0 Å². The van der Waals surface area contributed by atoms with Gasteiger partial charge in [0.05, 0.1) is 6.10 Å². The molecular formula is C15H22N2O2. The van der Waals surface area contributed by atoms with Crippen molar-refractivity contribution in [2.45, 2.75) is 50.7 Å². The fraction of sp³-hybridized carbons (Fsp3) is 0.667. The first-order valence-corrected chi connectivity index (χ1v) is 7.36. The zero-order chi connectivity index (χ0) is 13.2. The second-order valence-electron chi connectivity index (χ2n) is 5.94. The van der Waals surface area contributed by atoms with Crippen molar-refractivity contribution < 1.29 is 5.11 Å². The van der Waals surface area contributed by atoms with Gasteiger partial charge in [-0.25, -0.2) is 0 Å². The summed E-state index contributed by atoms with van der Waals surface area (Å²) in [7, 11) is 0. The summed E-state index contributed by atoms with van der Waals surface area (Å²) >= 11 is 0. The Kier molecular flexibility index (Phi) is 3.71. The molecule has 1 heterocycles. The van der Waals surface area contributed by atoms with Crippen LogP contribution in [-0.2, 0) is 6.42 Å². The Morgan fingerprint density at radius 1 is 1.32 bits per heavy atom. The molecule has 2 aliphatic carbocycles. The van der Waals surface area contributed by atoms with Gasteiger partial charge >= 0.3 is 0 Å². The third-order valence-corrected chi connectivity index (χ3v) is 4.50. The second kappa shape index (κ2) is 5.47. The normalized spacial score (nSPS) is 30.3. The maximum atomic E-state index is 11.3. The molecule has 0 amide bonds. The molecule has 1 saturated carbocycles. The van der Waals surface area contributed by atoms with Gasteiger partial charge in [0.15, 0.2) is 0 Å². The fourth-order valence-corrected chi connectivity index (χ4v) is 3.46. The van der Waals surface area contributed by atoms with Gasteiger partial charge in [0.25, 0.3) is 0 Å². The molecule has 19 heavy (non-hydrogen) atoms. The van der Waals surface area contributed by atoms with Crippen LogP contribution in [0.3, 0.4) is 0 Å². The van der Waals surface area contributed by atoms with Crippen molar-refractivity contribution in [1.29, 1.82) is 0 Å². The van der Waals surface area contributed by atoms with Gasteiger partial charge in [-0.2, -0.15) is 0 Å². The van der Waals surface area contributed by atoms with Crippen molar-refractivity contribution >= 4 is 0 Å². The summed E-state index contributed by atoms with van der Waals surface area (Å²) in [5.74, 6) is 0.600. The average Bonchev–Trinajstić information content (AvgIpc) is 2.81. The molecule has 4 nitrogen and oxygen atoms in total. The molecule has 0 spiro atoms. The van der Waals surface area contributed by atoms with Crippen molar-refractivity contribution in [2.75, 3.05) is 6.54 Å². The Morgan fingerprint density at radius 2 is 2.21 bits per heavy atom. The predicted octanol–water partition coefficient (Wildman–Crippen LogP) is 1.50. The van der Waals surface area contributed by atoms with Crippen molar-refractivity contribution in [2.24, 2.45) is 5.92 Å². The van der Waals surface area contributed by atoms with Crippen LogP contribution >= 0.6 is 0 Å². The minimum atomic E-state index is -0.0956. The summed E-state index contributed by atoms with van der Waals surface area (Å²) in [6, 6.07) is 3.95. The summed E-state index contributed by atoms with van der Waals surface area (Å²) in [5, 5.41) is 13.2. The summed E-state index contributed by atoms with van der Waals surface area (Å²) in [6.07, 6.45) is 6.14. The van der Waals surface area contributed by atoms with Gasteiger partial charge in [0.1, 0.15) is 0 Å². The Balaban J connectivity index is 1.65. The Hall–Kier alpha value is -1.13. The highest BCUT2D eigenvalue weighted by molar-refractivity contribution is 5.26. The zero-order valence-electron chi connectivity index (χ0n) is 11.2. The molecule has 0 saturated heterocycles. The van der Waals surface area contributed by atoms with E-state index in [2.05, 4.69) is 10.3 Å². The number of aromatic nitrogens is 1. The number of aliphatic hydroxyl groups is 1. The van der Waals surface area contributed by atoms with E-state index in [9.17, 15) is 9.90 Å². The molecule has 1 fully saturated rings. The van der Waals surface area contributed by atoms with E-state index >= 15 is 0 Å². The van der Waals surface area contributed by atoms with Crippen LogP contribution in [0.25, 0.3) is 0 Å². The molecule has 104 valence electrons. The van der Waals surface area contributed by atoms with Crippen molar-refractivity contribution in [3.8, 4) is 0 Å². The van der Waals surface area contributed by atoms with E-state index in [1.165, 1.54) is 5.56 Å². The highest BCUT2D eigenvalue weighted by Gasteiger charge is 2.25. The predicted molar refractivity (Wildman–Crippen MR) is 74.1 cm³/mol. The van der Waals surface area contributed by atoms with Gasteiger partial charge in [-0.3, -0.25) is 4.79 Å². The number of aromatic amines is 1. The van der Waals surface area contributed by atoms with Gasteiger partial charge in [0, 0.05) is 17.8 Å². The third-order valence-electron chi connectivity index (χ3n) is 4.50. The minimum Gasteiger partial charge on any atom is -0.393 e. The summed E-state index contributed by atoms with van der Waals surface area (Å²) in [5.41, 5.74) is 2.35. The van der Waals surface area contributed by atoms with Gasteiger partial charge in [0.2, 0.25) is 5.56 Å². The van der Waals surface area contributed by atoms with Gasteiger partial charge in [-0.15, -0.1) is 0 Å². The van der Waals surface area contributed by atoms with E-state index in [1.807, 2.05) is 6.07 Å². The second-order valence-corrected chi connectivity index (χ2v) is 5.94.